The average Bonchev–Trinajstić information content (AvgIpc) is 3.12. The molecule has 1 aromatic heterocycles. The maximum Gasteiger partial charge on any atom is 0.434 e. The number of thiazole rings is 1. The fourth-order valence-corrected chi connectivity index (χ4v) is 3.04. The van der Waals surface area contributed by atoms with Crippen LogP contribution in [0.3, 0.4) is 0 Å². The van der Waals surface area contributed by atoms with Crippen LogP contribution in [0.4, 0.5) is 17.6 Å². The first kappa shape index (κ1) is 25.4. The number of hydrogen-bond donors (Lipinski definition) is 1. The smallest absolute Gasteiger partial charge is 0.434 e. The Hall–Kier alpha value is -1.63. The minimum absolute atomic E-state index is 0. The van der Waals surface area contributed by atoms with Crippen LogP contribution in [-0.4, -0.2) is 49.1 Å². The number of likely N-dealkylation sites (N-methyl/N-ethyl adjacent to an activating group) is 1. The third kappa shape index (κ3) is 8.33. The van der Waals surface area contributed by atoms with E-state index in [0.29, 0.717) is 37.0 Å². The van der Waals surface area contributed by atoms with Crippen LogP contribution in [0.15, 0.2) is 34.6 Å². The molecule has 1 aromatic carbocycles. The van der Waals surface area contributed by atoms with E-state index in [2.05, 4.69) is 15.3 Å². The van der Waals surface area contributed by atoms with Crippen molar-refractivity contribution in [3.63, 3.8) is 0 Å². The standard InChI is InChI=1S/C18H22F4N4OS.HI/c1-3-23-17(24-9-8-16-25-15(12-28-16)18(20,21)22)26(2)10-11-27-14-7-5-4-6-13(14)19;/h4-7,12H,3,8-11H2,1-2H3,(H,23,24);1H. The van der Waals surface area contributed by atoms with Gasteiger partial charge in [-0.1, -0.05) is 12.1 Å². The minimum atomic E-state index is -4.43. The lowest BCUT2D eigenvalue weighted by atomic mass is 10.3. The second-order valence-corrected chi connectivity index (χ2v) is 6.75. The third-order valence-corrected chi connectivity index (χ3v) is 4.56. The number of ether oxygens (including phenoxy) is 1. The second-order valence-electron chi connectivity index (χ2n) is 5.81. The summed E-state index contributed by atoms with van der Waals surface area (Å²) in [7, 11) is 1.80. The number of benzene rings is 1. The molecule has 2 aromatic rings. The summed E-state index contributed by atoms with van der Waals surface area (Å²) in [6.07, 6.45) is -4.11. The first-order chi connectivity index (χ1) is 13.3. The van der Waals surface area contributed by atoms with Gasteiger partial charge in [-0.25, -0.2) is 9.37 Å². The molecule has 0 spiro atoms. The number of halogens is 5. The maximum atomic E-state index is 13.5. The Morgan fingerprint density at radius 1 is 1.31 bits per heavy atom. The average molecular weight is 546 g/mol. The Morgan fingerprint density at radius 3 is 2.66 bits per heavy atom. The fraction of sp³-hybridized carbons (Fsp3) is 0.444. The van der Waals surface area contributed by atoms with E-state index in [1.807, 2.05) is 11.8 Å². The normalized spacial score (nSPS) is 11.7. The summed E-state index contributed by atoms with van der Waals surface area (Å²) >= 11 is 0.973. The van der Waals surface area contributed by atoms with E-state index in [1.54, 1.807) is 25.2 Å². The lowest BCUT2D eigenvalue weighted by Crippen LogP contribution is -2.41. The molecule has 0 amide bonds. The zero-order valence-electron chi connectivity index (χ0n) is 16.0. The van der Waals surface area contributed by atoms with Gasteiger partial charge in [-0.3, -0.25) is 4.99 Å². The Labute approximate surface area is 188 Å². The number of guanidine groups is 1. The number of nitrogens with zero attached hydrogens (tertiary/aromatic N) is 3. The van der Waals surface area contributed by atoms with Crippen molar-refractivity contribution in [2.45, 2.75) is 19.5 Å². The van der Waals surface area contributed by atoms with Crippen molar-refractivity contribution in [1.29, 1.82) is 0 Å². The molecular formula is C18H23F4IN4OS. The van der Waals surface area contributed by atoms with E-state index in [4.69, 9.17) is 4.74 Å². The molecular weight excluding hydrogens is 523 g/mol. The summed E-state index contributed by atoms with van der Waals surface area (Å²) in [6, 6.07) is 6.16. The van der Waals surface area contributed by atoms with E-state index in [9.17, 15) is 17.6 Å². The van der Waals surface area contributed by atoms with Gasteiger partial charge in [0.2, 0.25) is 0 Å². The van der Waals surface area contributed by atoms with Gasteiger partial charge in [-0.05, 0) is 19.1 Å². The van der Waals surface area contributed by atoms with Crippen LogP contribution in [0.1, 0.15) is 17.6 Å². The summed E-state index contributed by atoms with van der Waals surface area (Å²) in [5.74, 6) is 0.349. The molecule has 1 heterocycles. The predicted octanol–water partition coefficient (Wildman–Crippen LogP) is 4.44. The van der Waals surface area contributed by atoms with Gasteiger partial charge < -0.3 is 15.0 Å². The van der Waals surface area contributed by atoms with E-state index >= 15 is 0 Å². The van der Waals surface area contributed by atoms with Crippen molar-refractivity contribution in [1.82, 2.24) is 15.2 Å². The number of rotatable bonds is 8. The van der Waals surface area contributed by atoms with Gasteiger partial charge in [-0.15, -0.1) is 35.3 Å². The van der Waals surface area contributed by atoms with Crippen molar-refractivity contribution in [3.05, 3.63) is 46.2 Å². The van der Waals surface area contributed by atoms with Crippen molar-refractivity contribution in [3.8, 4) is 5.75 Å². The van der Waals surface area contributed by atoms with Gasteiger partial charge in [0.15, 0.2) is 23.2 Å². The molecule has 0 saturated carbocycles. The van der Waals surface area contributed by atoms with Gasteiger partial charge in [-0.2, -0.15) is 13.2 Å². The summed E-state index contributed by atoms with van der Waals surface area (Å²) in [5, 5.41) is 4.50. The number of aliphatic imine (C=N–C) groups is 1. The van der Waals surface area contributed by atoms with Gasteiger partial charge in [0.05, 0.1) is 11.6 Å². The zero-order valence-corrected chi connectivity index (χ0v) is 19.1. The van der Waals surface area contributed by atoms with Crippen LogP contribution in [0.2, 0.25) is 0 Å². The number of aromatic nitrogens is 1. The van der Waals surface area contributed by atoms with Gasteiger partial charge >= 0.3 is 6.18 Å². The monoisotopic (exact) mass is 546 g/mol. The molecule has 0 fully saturated rings. The Balaban J connectivity index is 0.00000420. The Bertz CT molecular complexity index is 785. The molecule has 1 N–H and O–H groups in total. The lowest BCUT2D eigenvalue weighted by molar-refractivity contribution is -0.140. The van der Waals surface area contributed by atoms with Crippen molar-refractivity contribution in [2.75, 3.05) is 33.3 Å². The quantitative estimate of drug-likeness (QED) is 0.230. The summed E-state index contributed by atoms with van der Waals surface area (Å²) in [4.78, 5) is 9.82. The molecule has 0 atom stereocenters. The molecule has 0 aliphatic heterocycles. The third-order valence-electron chi connectivity index (χ3n) is 3.65. The van der Waals surface area contributed by atoms with Crippen LogP contribution in [-0.2, 0) is 12.6 Å². The molecule has 2 rings (SSSR count). The summed E-state index contributed by atoms with van der Waals surface area (Å²) in [5.41, 5.74) is -0.870. The van der Waals surface area contributed by atoms with Crippen LogP contribution < -0.4 is 10.1 Å². The van der Waals surface area contributed by atoms with Gasteiger partial charge in [0.1, 0.15) is 6.61 Å². The Kier molecular flexibility index (Phi) is 10.6. The molecule has 0 saturated heterocycles. The molecule has 5 nitrogen and oxygen atoms in total. The maximum absolute atomic E-state index is 13.5. The minimum Gasteiger partial charge on any atom is -0.489 e. The van der Waals surface area contributed by atoms with E-state index in [-0.39, 0.29) is 36.3 Å². The van der Waals surface area contributed by atoms with Crippen molar-refractivity contribution < 1.29 is 22.3 Å². The largest absolute Gasteiger partial charge is 0.489 e. The van der Waals surface area contributed by atoms with E-state index < -0.39 is 17.7 Å². The molecule has 0 unspecified atom stereocenters. The number of para-hydroxylation sites is 1. The first-order valence-electron chi connectivity index (χ1n) is 8.69. The highest BCUT2D eigenvalue weighted by Crippen LogP contribution is 2.30. The SMILES string of the molecule is CCNC(=NCCc1nc(C(F)(F)F)cs1)N(C)CCOc1ccccc1F.I. The van der Waals surface area contributed by atoms with Crippen LogP contribution in [0, 0.1) is 5.82 Å². The van der Waals surface area contributed by atoms with Gasteiger partial charge in [0.25, 0.3) is 0 Å². The van der Waals surface area contributed by atoms with Crippen LogP contribution >= 0.6 is 35.3 Å². The molecule has 0 aliphatic carbocycles. The van der Waals surface area contributed by atoms with Crippen LogP contribution in [0.5, 0.6) is 5.75 Å². The van der Waals surface area contributed by atoms with Crippen LogP contribution in [0.25, 0.3) is 0 Å². The molecule has 11 heteroatoms. The topological polar surface area (TPSA) is 49.8 Å². The highest BCUT2D eigenvalue weighted by atomic mass is 127. The fourth-order valence-electron chi connectivity index (χ4n) is 2.24. The Morgan fingerprint density at radius 2 is 2.03 bits per heavy atom. The first-order valence-corrected chi connectivity index (χ1v) is 9.57. The lowest BCUT2D eigenvalue weighted by Gasteiger charge is -2.22. The summed E-state index contributed by atoms with van der Waals surface area (Å²) < 4.78 is 56.7. The summed E-state index contributed by atoms with van der Waals surface area (Å²) in [6.45, 7) is 3.55. The van der Waals surface area contributed by atoms with Crippen molar-refractivity contribution >= 4 is 41.3 Å². The molecule has 0 bridgehead atoms. The number of nitrogens with one attached hydrogen (secondary N) is 1. The highest BCUT2D eigenvalue weighted by Gasteiger charge is 2.33. The zero-order chi connectivity index (χ0) is 20.6. The van der Waals surface area contributed by atoms with Gasteiger partial charge in [0, 0.05) is 31.9 Å². The van der Waals surface area contributed by atoms with Crippen molar-refractivity contribution in [2.24, 2.45) is 4.99 Å². The number of hydrogen-bond acceptors (Lipinski definition) is 4. The molecule has 0 radical (unpaired) electrons. The molecule has 0 aliphatic rings. The van der Waals surface area contributed by atoms with E-state index in [1.165, 1.54) is 6.07 Å². The van der Waals surface area contributed by atoms with E-state index in [0.717, 1.165) is 16.7 Å². The second kappa shape index (κ2) is 12.2. The predicted molar refractivity (Wildman–Crippen MR) is 117 cm³/mol. The molecule has 162 valence electrons. The highest BCUT2D eigenvalue weighted by molar-refractivity contribution is 14.0. The number of alkyl halides is 3. The molecule has 29 heavy (non-hydrogen) atoms.